The van der Waals surface area contributed by atoms with E-state index in [1.807, 2.05) is 24.1 Å². The number of hydrogen-bond donors (Lipinski definition) is 0. The van der Waals surface area contributed by atoms with Crippen LogP contribution >= 0.6 is 11.6 Å². The number of carbonyl (C=O) groups excluding carboxylic acids is 2. The second-order valence-corrected chi connectivity index (χ2v) is 6.37. The Morgan fingerprint density at radius 1 is 1.09 bits per heavy atom. The summed E-state index contributed by atoms with van der Waals surface area (Å²) in [5.74, 6) is -0.639. The molecule has 118 valence electrons. The van der Waals surface area contributed by atoms with Gasteiger partial charge in [-0.2, -0.15) is 0 Å². The van der Waals surface area contributed by atoms with Crippen LogP contribution in [0.15, 0.2) is 24.3 Å². The Kier molecular flexibility index (Phi) is 4.36. The van der Waals surface area contributed by atoms with E-state index in [0.717, 1.165) is 18.8 Å². The predicted molar refractivity (Wildman–Crippen MR) is 86.0 cm³/mol. The molecule has 1 atom stereocenters. The van der Waals surface area contributed by atoms with Crippen LogP contribution in [0.3, 0.4) is 0 Å². The smallest absolute Gasteiger partial charge is 0.239 e. The zero-order valence-electron chi connectivity index (χ0n) is 12.7. The van der Waals surface area contributed by atoms with Gasteiger partial charge in [0.1, 0.15) is 5.92 Å². The molecule has 2 fully saturated rings. The van der Waals surface area contributed by atoms with E-state index in [2.05, 4.69) is 4.90 Å². The highest BCUT2D eigenvalue weighted by atomic mass is 35.5. The number of anilines is 1. The summed E-state index contributed by atoms with van der Waals surface area (Å²) in [6, 6.07) is 7.17. The summed E-state index contributed by atoms with van der Waals surface area (Å²) in [7, 11) is 2.05. The lowest BCUT2D eigenvalue weighted by molar-refractivity contribution is -0.141. The quantitative estimate of drug-likeness (QED) is 0.775. The van der Waals surface area contributed by atoms with Crippen LogP contribution in [0.5, 0.6) is 0 Å². The molecule has 2 heterocycles. The maximum atomic E-state index is 12.6. The molecule has 2 saturated heterocycles. The number of benzene rings is 1. The molecule has 2 amide bonds. The first-order chi connectivity index (χ1) is 10.6. The summed E-state index contributed by atoms with van der Waals surface area (Å²) in [4.78, 5) is 30.9. The molecule has 0 bridgehead atoms. The molecule has 0 spiro atoms. The van der Waals surface area contributed by atoms with E-state index < -0.39 is 5.92 Å². The van der Waals surface area contributed by atoms with Crippen molar-refractivity contribution in [3.63, 3.8) is 0 Å². The average molecular weight is 322 g/mol. The molecule has 3 rings (SSSR count). The average Bonchev–Trinajstić information content (AvgIpc) is 2.90. The van der Waals surface area contributed by atoms with Gasteiger partial charge in [0, 0.05) is 43.4 Å². The van der Waals surface area contributed by atoms with Crippen molar-refractivity contribution in [2.45, 2.75) is 6.42 Å². The topological polar surface area (TPSA) is 43.9 Å². The SMILES string of the molecule is CN1CCN(C(=O)[C@H]2CCN(c3ccc(Cl)cc3)C2=O)CC1. The van der Waals surface area contributed by atoms with Crippen LogP contribution in [-0.4, -0.2) is 61.4 Å². The molecule has 0 radical (unpaired) electrons. The van der Waals surface area contributed by atoms with Crippen LogP contribution in [-0.2, 0) is 9.59 Å². The number of hydrogen-bond acceptors (Lipinski definition) is 3. The maximum absolute atomic E-state index is 12.6. The molecule has 0 unspecified atom stereocenters. The van der Waals surface area contributed by atoms with Crippen LogP contribution < -0.4 is 4.90 Å². The van der Waals surface area contributed by atoms with Crippen molar-refractivity contribution in [1.82, 2.24) is 9.80 Å². The normalized spacial score (nSPS) is 23.2. The Balaban J connectivity index is 1.68. The van der Waals surface area contributed by atoms with Gasteiger partial charge in [0.05, 0.1) is 0 Å². The standard InChI is InChI=1S/C16H20ClN3O2/c1-18-8-10-19(11-9-18)15(21)14-6-7-20(16(14)22)13-4-2-12(17)3-5-13/h2-5,14H,6-11H2,1H3/t14-/m1/s1. The summed E-state index contributed by atoms with van der Waals surface area (Å²) in [6.07, 6.45) is 0.590. The van der Waals surface area contributed by atoms with Gasteiger partial charge < -0.3 is 14.7 Å². The third kappa shape index (κ3) is 2.96. The first kappa shape index (κ1) is 15.3. The van der Waals surface area contributed by atoms with Gasteiger partial charge in [-0.15, -0.1) is 0 Å². The molecule has 0 saturated carbocycles. The summed E-state index contributed by atoms with van der Waals surface area (Å²) in [6.45, 7) is 3.74. The molecule has 1 aromatic rings. The lowest BCUT2D eigenvalue weighted by Gasteiger charge is -2.33. The predicted octanol–water partition coefficient (Wildman–Crippen LogP) is 1.47. The third-order valence-electron chi connectivity index (χ3n) is 4.46. The number of carbonyl (C=O) groups is 2. The summed E-state index contributed by atoms with van der Waals surface area (Å²) in [5.41, 5.74) is 0.808. The van der Waals surface area contributed by atoms with Crippen molar-refractivity contribution >= 4 is 29.1 Å². The first-order valence-electron chi connectivity index (χ1n) is 7.60. The first-order valence-corrected chi connectivity index (χ1v) is 7.98. The van der Waals surface area contributed by atoms with Gasteiger partial charge in [0.15, 0.2) is 0 Å². The lowest BCUT2D eigenvalue weighted by atomic mass is 10.1. The highest BCUT2D eigenvalue weighted by Gasteiger charge is 2.40. The Morgan fingerprint density at radius 2 is 1.73 bits per heavy atom. The van der Waals surface area contributed by atoms with Gasteiger partial charge in [0.25, 0.3) is 0 Å². The number of piperazine rings is 1. The van der Waals surface area contributed by atoms with Crippen molar-refractivity contribution in [2.75, 3.05) is 44.7 Å². The van der Waals surface area contributed by atoms with Crippen molar-refractivity contribution in [1.29, 1.82) is 0 Å². The number of likely N-dealkylation sites (N-methyl/N-ethyl adjacent to an activating group) is 1. The Bertz CT molecular complexity index is 567. The van der Waals surface area contributed by atoms with Crippen LogP contribution in [0.4, 0.5) is 5.69 Å². The van der Waals surface area contributed by atoms with Gasteiger partial charge in [-0.25, -0.2) is 0 Å². The minimum atomic E-state index is -0.529. The number of halogens is 1. The summed E-state index contributed by atoms with van der Waals surface area (Å²) in [5, 5.41) is 0.639. The van der Waals surface area contributed by atoms with Crippen LogP contribution in [0.2, 0.25) is 5.02 Å². The van der Waals surface area contributed by atoms with Crippen molar-refractivity contribution in [3.05, 3.63) is 29.3 Å². The van der Waals surface area contributed by atoms with E-state index >= 15 is 0 Å². The lowest BCUT2D eigenvalue weighted by Crippen LogP contribution is -2.50. The molecule has 5 nitrogen and oxygen atoms in total. The summed E-state index contributed by atoms with van der Waals surface area (Å²) < 4.78 is 0. The van der Waals surface area contributed by atoms with Crippen molar-refractivity contribution in [3.8, 4) is 0 Å². The van der Waals surface area contributed by atoms with Crippen LogP contribution in [0, 0.1) is 5.92 Å². The highest BCUT2D eigenvalue weighted by molar-refractivity contribution is 6.30. The Morgan fingerprint density at radius 3 is 2.36 bits per heavy atom. The van der Waals surface area contributed by atoms with Crippen LogP contribution in [0.1, 0.15) is 6.42 Å². The Hall–Kier alpha value is -1.59. The molecule has 0 aliphatic carbocycles. The molecular formula is C16H20ClN3O2. The van der Waals surface area contributed by atoms with Gasteiger partial charge in [0.2, 0.25) is 11.8 Å². The number of amides is 2. The fourth-order valence-corrected chi connectivity index (χ4v) is 3.16. The van der Waals surface area contributed by atoms with E-state index in [4.69, 9.17) is 11.6 Å². The molecule has 1 aromatic carbocycles. The largest absolute Gasteiger partial charge is 0.339 e. The Labute approximate surface area is 135 Å². The second kappa shape index (κ2) is 6.26. The molecule has 6 heteroatoms. The molecule has 22 heavy (non-hydrogen) atoms. The molecule has 2 aliphatic rings. The van der Waals surface area contributed by atoms with Crippen LogP contribution in [0.25, 0.3) is 0 Å². The zero-order valence-corrected chi connectivity index (χ0v) is 13.4. The highest BCUT2D eigenvalue weighted by Crippen LogP contribution is 2.27. The van der Waals surface area contributed by atoms with Gasteiger partial charge in [-0.1, -0.05) is 11.6 Å². The van der Waals surface area contributed by atoms with E-state index in [1.165, 1.54) is 0 Å². The number of rotatable bonds is 2. The molecule has 0 N–H and O–H groups in total. The minimum absolute atomic E-state index is 0.0189. The fourth-order valence-electron chi connectivity index (χ4n) is 3.03. The maximum Gasteiger partial charge on any atom is 0.239 e. The molecule has 2 aliphatic heterocycles. The van der Waals surface area contributed by atoms with Gasteiger partial charge >= 0.3 is 0 Å². The summed E-state index contributed by atoms with van der Waals surface area (Å²) >= 11 is 5.88. The minimum Gasteiger partial charge on any atom is -0.339 e. The third-order valence-corrected chi connectivity index (χ3v) is 4.71. The zero-order chi connectivity index (χ0) is 15.7. The molecular weight excluding hydrogens is 302 g/mol. The van der Waals surface area contributed by atoms with E-state index in [0.29, 0.717) is 31.1 Å². The van der Waals surface area contributed by atoms with Gasteiger partial charge in [-0.3, -0.25) is 9.59 Å². The van der Waals surface area contributed by atoms with E-state index in [9.17, 15) is 9.59 Å². The monoisotopic (exact) mass is 321 g/mol. The van der Waals surface area contributed by atoms with E-state index in [1.54, 1.807) is 17.0 Å². The number of nitrogens with zero attached hydrogens (tertiary/aromatic N) is 3. The van der Waals surface area contributed by atoms with Crippen molar-refractivity contribution in [2.24, 2.45) is 5.92 Å². The van der Waals surface area contributed by atoms with Crippen molar-refractivity contribution < 1.29 is 9.59 Å². The van der Waals surface area contributed by atoms with Gasteiger partial charge in [-0.05, 0) is 37.7 Å². The second-order valence-electron chi connectivity index (χ2n) is 5.94. The van der Waals surface area contributed by atoms with E-state index in [-0.39, 0.29) is 11.8 Å². The fraction of sp³-hybridized carbons (Fsp3) is 0.500. The molecule has 0 aromatic heterocycles.